The third-order valence-corrected chi connectivity index (χ3v) is 3.62. The summed E-state index contributed by atoms with van der Waals surface area (Å²) in [6.07, 6.45) is -3.64. The highest BCUT2D eigenvalue weighted by Crippen LogP contribution is 2.23. The summed E-state index contributed by atoms with van der Waals surface area (Å²) in [7, 11) is 0. The summed E-state index contributed by atoms with van der Waals surface area (Å²) in [5, 5.41) is 9.06. The second-order valence-corrected chi connectivity index (χ2v) is 5.28. The second kappa shape index (κ2) is 7.09. The van der Waals surface area contributed by atoms with Gasteiger partial charge in [0, 0.05) is 18.8 Å². The SMILES string of the molecule is O[C@@H](CN1CCC(COc2ccccn2)CC1)C(F)(F)F. The van der Waals surface area contributed by atoms with E-state index in [4.69, 9.17) is 9.84 Å². The Labute approximate surface area is 121 Å². The summed E-state index contributed by atoms with van der Waals surface area (Å²) in [6, 6.07) is 5.41. The van der Waals surface area contributed by atoms with Crippen molar-refractivity contribution in [3.8, 4) is 5.88 Å². The zero-order chi connectivity index (χ0) is 15.3. The van der Waals surface area contributed by atoms with Gasteiger partial charge in [0.2, 0.25) is 5.88 Å². The van der Waals surface area contributed by atoms with Crippen molar-refractivity contribution >= 4 is 0 Å². The summed E-state index contributed by atoms with van der Waals surface area (Å²) in [5.41, 5.74) is 0. The quantitative estimate of drug-likeness (QED) is 0.905. The highest BCUT2D eigenvalue weighted by molar-refractivity contribution is 5.09. The number of likely N-dealkylation sites (tertiary alicyclic amines) is 1. The molecule has 1 aliphatic heterocycles. The lowest BCUT2D eigenvalue weighted by atomic mass is 9.97. The molecule has 2 heterocycles. The van der Waals surface area contributed by atoms with Crippen LogP contribution in [0.4, 0.5) is 13.2 Å². The minimum Gasteiger partial charge on any atom is -0.477 e. The Hall–Kier alpha value is -1.34. The van der Waals surface area contributed by atoms with Gasteiger partial charge in [-0.1, -0.05) is 6.07 Å². The number of hydrogen-bond donors (Lipinski definition) is 1. The molecule has 1 fully saturated rings. The Bertz CT molecular complexity index is 420. The molecule has 0 aromatic carbocycles. The Kier molecular flexibility index (Phi) is 5.41. The molecule has 0 unspecified atom stereocenters. The molecular weight excluding hydrogens is 285 g/mol. The number of nitrogens with zero attached hydrogens (tertiary/aromatic N) is 2. The maximum atomic E-state index is 12.3. The predicted molar refractivity (Wildman–Crippen MR) is 71.0 cm³/mol. The van der Waals surface area contributed by atoms with Crippen molar-refractivity contribution in [2.75, 3.05) is 26.2 Å². The van der Waals surface area contributed by atoms with Crippen LogP contribution in [0.1, 0.15) is 12.8 Å². The third kappa shape index (κ3) is 5.17. The maximum absolute atomic E-state index is 12.3. The maximum Gasteiger partial charge on any atom is 0.415 e. The van der Waals surface area contributed by atoms with Crippen LogP contribution in [-0.2, 0) is 0 Å². The topological polar surface area (TPSA) is 45.6 Å². The summed E-state index contributed by atoms with van der Waals surface area (Å²) in [6.45, 7) is 1.26. The molecule has 0 bridgehead atoms. The summed E-state index contributed by atoms with van der Waals surface area (Å²) in [4.78, 5) is 5.70. The van der Waals surface area contributed by atoms with E-state index in [2.05, 4.69) is 4.98 Å². The zero-order valence-electron chi connectivity index (χ0n) is 11.6. The molecule has 0 spiro atoms. The van der Waals surface area contributed by atoms with E-state index in [1.165, 1.54) is 0 Å². The fourth-order valence-electron chi connectivity index (χ4n) is 2.32. The van der Waals surface area contributed by atoms with Crippen molar-refractivity contribution in [2.24, 2.45) is 5.92 Å². The minimum absolute atomic E-state index is 0.311. The summed E-state index contributed by atoms with van der Waals surface area (Å²) in [5.74, 6) is 0.874. The average Bonchev–Trinajstić information content (AvgIpc) is 2.46. The largest absolute Gasteiger partial charge is 0.477 e. The van der Waals surface area contributed by atoms with Crippen LogP contribution < -0.4 is 4.74 Å². The summed E-state index contributed by atoms with van der Waals surface area (Å²) < 4.78 is 42.4. The predicted octanol–water partition coefficient (Wildman–Crippen LogP) is 2.10. The van der Waals surface area contributed by atoms with E-state index in [9.17, 15) is 13.2 Å². The van der Waals surface area contributed by atoms with E-state index in [0.29, 0.717) is 31.5 Å². The minimum atomic E-state index is -4.54. The first-order valence-corrected chi connectivity index (χ1v) is 6.96. The molecular formula is C14H19F3N2O2. The van der Waals surface area contributed by atoms with Crippen molar-refractivity contribution < 1.29 is 23.0 Å². The van der Waals surface area contributed by atoms with E-state index in [1.807, 2.05) is 6.07 Å². The van der Waals surface area contributed by atoms with Gasteiger partial charge in [0.1, 0.15) is 0 Å². The zero-order valence-corrected chi connectivity index (χ0v) is 11.6. The van der Waals surface area contributed by atoms with Gasteiger partial charge in [0.05, 0.1) is 6.61 Å². The molecule has 0 saturated carbocycles. The fourth-order valence-corrected chi connectivity index (χ4v) is 2.32. The molecule has 21 heavy (non-hydrogen) atoms. The van der Waals surface area contributed by atoms with E-state index in [0.717, 1.165) is 12.8 Å². The number of rotatable bonds is 5. The standard InChI is InChI=1S/C14H19F3N2O2/c15-14(16,17)12(20)9-19-7-4-11(5-8-19)10-21-13-3-1-2-6-18-13/h1-3,6,11-12,20H,4-5,7-10H2/t12-/m0/s1. The first kappa shape index (κ1) is 16.0. The van der Waals surface area contributed by atoms with Gasteiger partial charge >= 0.3 is 6.18 Å². The van der Waals surface area contributed by atoms with Crippen molar-refractivity contribution in [1.29, 1.82) is 0 Å². The molecule has 118 valence electrons. The fraction of sp³-hybridized carbons (Fsp3) is 0.643. The van der Waals surface area contributed by atoms with Crippen LogP contribution in [0, 0.1) is 5.92 Å². The average molecular weight is 304 g/mol. The molecule has 1 atom stereocenters. The monoisotopic (exact) mass is 304 g/mol. The molecule has 1 aromatic heterocycles. The number of alkyl halides is 3. The molecule has 0 radical (unpaired) electrons. The van der Waals surface area contributed by atoms with Crippen LogP contribution >= 0.6 is 0 Å². The molecule has 2 rings (SSSR count). The highest BCUT2D eigenvalue weighted by Gasteiger charge is 2.39. The Balaban J connectivity index is 1.69. The molecule has 1 aliphatic rings. The van der Waals surface area contributed by atoms with Crippen LogP contribution in [0.25, 0.3) is 0 Å². The van der Waals surface area contributed by atoms with Crippen LogP contribution in [0.2, 0.25) is 0 Å². The lowest BCUT2D eigenvalue weighted by Crippen LogP contribution is -2.44. The molecule has 0 amide bonds. The van der Waals surface area contributed by atoms with E-state index in [-0.39, 0.29) is 6.54 Å². The summed E-state index contributed by atoms with van der Waals surface area (Å²) >= 11 is 0. The van der Waals surface area contributed by atoms with Crippen molar-refractivity contribution in [1.82, 2.24) is 9.88 Å². The number of aromatic nitrogens is 1. The Morgan fingerprint density at radius 1 is 1.33 bits per heavy atom. The Morgan fingerprint density at radius 2 is 2.05 bits per heavy atom. The second-order valence-electron chi connectivity index (χ2n) is 5.28. The van der Waals surface area contributed by atoms with Gasteiger partial charge in [-0.15, -0.1) is 0 Å². The lowest BCUT2D eigenvalue weighted by molar-refractivity contribution is -0.208. The highest BCUT2D eigenvalue weighted by atomic mass is 19.4. The molecule has 1 aromatic rings. The van der Waals surface area contributed by atoms with Gasteiger partial charge < -0.3 is 14.7 Å². The van der Waals surface area contributed by atoms with Gasteiger partial charge in [-0.2, -0.15) is 13.2 Å². The normalized spacial score (nSPS) is 19.4. The van der Waals surface area contributed by atoms with Gasteiger partial charge in [-0.25, -0.2) is 4.98 Å². The van der Waals surface area contributed by atoms with Crippen molar-refractivity contribution in [3.63, 3.8) is 0 Å². The third-order valence-electron chi connectivity index (χ3n) is 3.62. The van der Waals surface area contributed by atoms with E-state index < -0.39 is 12.3 Å². The van der Waals surface area contributed by atoms with Crippen LogP contribution in [0.15, 0.2) is 24.4 Å². The van der Waals surface area contributed by atoms with Crippen molar-refractivity contribution in [2.45, 2.75) is 25.1 Å². The number of piperidine rings is 1. The number of hydrogen-bond acceptors (Lipinski definition) is 4. The first-order chi connectivity index (χ1) is 9.95. The molecule has 0 aliphatic carbocycles. The molecule has 4 nitrogen and oxygen atoms in total. The molecule has 1 N–H and O–H groups in total. The first-order valence-electron chi connectivity index (χ1n) is 6.96. The van der Waals surface area contributed by atoms with Crippen LogP contribution in [0.3, 0.4) is 0 Å². The van der Waals surface area contributed by atoms with Crippen LogP contribution in [-0.4, -0.2) is 53.5 Å². The van der Waals surface area contributed by atoms with Crippen molar-refractivity contribution in [3.05, 3.63) is 24.4 Å². The smallest absolute Gasteiger partial charge is 0.415 e. The number of aliphatic hydroxyl groups excluding tert-OH is 1. The lowest BCUT2D eigenvalue weighted by Gasteiger charge is -2.33. The van der Waals surface area contributed by atoms with Gasteiger partial charge in [-0.05, 0) is 37.9 Å². The van der Waals surface area contributed by atoms with Gasteiger partial charge in [0.15, 0.2) is 6.10 Å². The molecule has 7 heteroatoms. The number of β-amino-alcohol motifs (C(OH)–C–C–N with tert-alkyl or cyclic N) is 1. The van der Waals surface area contributed by atoms with Gasteiger partial charge in [0.25, 0.3) is 0 Å². The Morgan fingerprint density at radius 3 is 2.62 bits per heavy atom. The van der Waals surface area contributed by atoms with E-state index in [1.54, 1.807) is 23.2 Å². The number of halogens is 3. The number of pyridine rings is 1. The molecule has 1 saturated heterocycles. The van der Waals surface area contributed by atoms with Gasteiger partial charge in [-0.3, -0.25) is 0 Å². The van der Waals surface area contributed by atoms with E-state index >= 15 is 0 Å². The number of ether oxygens (including phenoxy) is 1. The van der Waals surface area contributed by atoms with Crippen LogP contribution in [0.5, 0.6) is 5.88 Å². The number of aliphatic hydroxyl groups is 1.